The van der Waals surface area contributed by atoms with Crippen molar-refractivity contribution in [3.05, 3.63) is 23.5 Å². The number of aryl methyl sites for hydroxylation is 2. The van der Waals surface area contributed by atoms with E-state index in [4.69, 9.17) is 10.2 Å². The van der Waals surface area contributed by atoms with Crippen molar-refractivity contribution in [3.63, 3.8) is 0 Å². The molecule has 16 heavy (non-hydrogen) atoms. The van der Waals surface area contributed by atoms with Gasteiger partial charge in [-0.15, -0.1) is 10.2 Å². The second kappa shape index (κ2) is 4.48. The Labute approximate surface area is 96.7 Å². The molecule has 2 N–H and O–H groups in total. The number of thioether (sulfide) groups is 1. The van der Waals surface area contributed by atoms with Crippen molar-refractivity contribution < 1.29 is 4.42 Å². The topological polar surface area (TPSA) is 90.7 Å². The quantitative estimate of drug-likeness (QED) is 0.805. The Balaban J connectivity index is 2.04. The van der Waals surface area contributed by atoms with Gasteiger partial charge in [0.25, 0.3) is 5.22 Å². The maximum atomic E-state index is 5.62. The first-order chi connectivity index (χ1) is 7.63. The van der Waals surface area contributed by atoms with Gasteiger partial charge in [0, 0.05) is 18.7 Å². The van der Waals surface area contributed by atoms with Gasteiger partial charge in [0.1, 0.15) is 11.6 Å². The van der Waals surface area contributed by atoms with Crippen LogP contribution in [0.2, 0.25) is 0 Å². The van der Waals surface area contributed by atoms with Crippen molar-refractivity contribution in [2.75, 3.05) is 5.73 Å². The molecule has 0 fully saturated rings. The summed E-state index contributed by atoms with van der Waals surface area (Å²) in [6.07, 6.45) is 0. The monoisotopic (exact) mass is 237 g/mol. The molecule has 0 aliphatic heterocycles. The fourth-order valence-corrected chi connectivity index (χ4v) is 1.84. The average molecular weight is 237 g/mol. The first-order valence-electron chi connectivity index (χ1n) is 4.66. The third kappa shape index (κ3) is 2.69. The lowest BCUT2D eigenvalue weighted by Crippen LogP contribution is -1.99. The molecule has 0 bridgehead atoms. The number of hydrogen-bond donors (Lipinski definition) is 1. The molecule has 6 nitrogen and oxygen atoms in total. The van der Waals surface area contributed by atoms with E-state index < -0.39 is 0 Å². The van der Waals surface area contributed by atoms with Crippen LogP contribution in [-0.2, 0) is 5.75 Å². The molecule has 84 valence electrons. The number of aromatic nitrogens is 4. The van der Waals surface area contributed by atoms with E-state index in [1.54, 1.807) is 13.0 Å². The van der Waals surface area contributed by atoms with Crippen LogP contribution in [0.15, 0.2) is 15.7 Å². The molecular formula is C9H11N5OS. The van der Waals surface area contributed by atoms with Crippen molar-refractivity contribution in [2.24, 2.45) is 0 Å². The van der Waals surface area contributed by atoms with E-state index >= 15 is 0 Å². The maximum absolute atomic E-state index is 5.62. The molecule has 0 saturated carbocycles. The summed E-state index contributed by atoms with van der Waals surface area (Å²) in [5.41, 5.74) is 6.47. The summed E-state index contributed by atoms with van der Waals surface area (Å²) in [5.74, 6) is 2.25. The van der Waals surface area contributed by atoms with E-state index in [-0.39, 0.29) is 0 Å². The highest BCUT2D eigenvalue weighted by Crippen LogP contribution is 2.19. The largest absolute Gasteiger partial charge is 0.416 e. The van der Waals surface area contributed by atoms with Gasteiger partial charge in [-0.05, 0) is 6.92 Å². The van der Waals surface area contributed by atoms with Crippen LogP contribution in [0.5, 0.6) is 0 Å². The Kier molecular flexibility index (Phi) is 3.04. The molecule has 0 aromatic carbocycles. The summed E-state index contributed by atoms with van der Waals surface area (Å²) in [6, 6.07) is 1.73. The summed E-state index contributed by atoms with van der Waals surface area (Å²) in [4.78, 5) is 8.37. The van der Waals surface area contributed by atoms with Gasteiger partial charge in [-0.3, -0.25) is 0 Å². The molecule has 0 saturated heterocycles. The van der Waals surface area contributed by atoms with Crippen molar-refractivity contribution in [2.45, 2.75) is 24.8 Å². The molecule has 0 amide bonds. The summed E-state index contributed by atoms with van der Waals surface area (Å²) in [7, 11) is 0. The lowest BCUT2D eigenvalue weighted by atomic mass is 10.4. The SMILES string of the molecule is Cc1cc(N)nc(CSc2nnc(C)o2)n1. The van der Waals surface area contributed by atoms with Crippen LogP contribution in [0, 0.1) is 13.8 Å². The Bertz CT molecular complexity index is 478. The second-order valence-electron chi connectivity index (χ2n) is 3.23. The zero-order valence-electron chi connectivity index (χ0n) is 8.97. The summed E-state index contributed by atoms with van der Waals surface area (Å²) < 4.78 is 5.22. The smallest absolute Gasteiger partial charge is 0.277 e. The van der Waals surface area contributed by atoms with Gasteiger partial charge < -0.3 is 10.2 Å². The highest BCUT2D eigenvalue weighted by molar-refractivity contribution is 7.98. The highest BCUT2D eigenvalue weighted by Gasteiger charge is 2.06. The lowest BCUT2D eigenvalue weighted by Gasteiger charge is -2.00. The molecule has 7 heteroatoms. The zero-order chi connectivity index (χ0) is 11.5. The van der Waals surface area contributed by atoms with Crippen LogP contribution >= 0.6 is 11.8 Å². The fraction of sp³-hybridized carbons (Fsp3) is 0.333. The van der Waals surface area contributed by atoms with Gasteiger partial charge in [-0.2, -0.15) is 0 Å². The predicted octanol–water partition coefficient (Wildman–Crippen LogP) is 1.35. The fourth-order valence-electron chi connectivity index (χ4n) is 1.18. The van der Waals surface area contributed by atoms with E-state index in [1.165, 1.54) is 11.8 Å². The number of nitrogen functional groups attached to an aromatic ring is 1. The molecule has 2 heterocycles. The molecule has 0 spiro atoms. The van der Waals surface area contributed by atoms with E-state index in [0.717, 1.165) is 5.69 Å². The number of nitrogens with two attached hydrogens (primary N) is 1. The first-order valence-corrected chi connectivity index (χ1v) is 5.65. The van der Waals surface area contributed by atoms with Crippen molar-refractivity contribution in [3.8, 4) is 0 Å². The molecule has 0 atom stereocenters. The van der Waals surface area contributed by atoms with Crippen molar-refractivity contribution in [1.29, 1.82) is 0 Å². The minimum absolute atomic E-state index is 0.477. The number of nitrogens with zero attached hydrogens (tertiary/aromatic N) is 4. The van der Waals surface area contributed by atoms with Gasteiger partial charge >= 0.3 is 0 Å². The molecular weight excluding hydrogens is 226 g/mol. The van der Waals surface area contributed by atoms with E-state index in [0.29, 0.717) is 28.5 Å². The number of hydrogen-bond acceptors (Lipinski definition) is 7. The van der Waals surface area contributed by atoms with Crippen molar-refractivity contribution in [1.82, 2.24) is 20.2 Å². The van der Waals surface area contributed by atoms with Gasteiger partial charge in [0.2, 0.25) is 5.89 Å². The summed E-state index contributed by atoms with van der Waals surface area (Å²) in [5, 5.41) is 8.11. The Morgan fingerprint density at radius 2 is 2.12 bits per heavy atom. The molecule has 0 aliphatic carbocycles. The van der Waals surface area contributed by atoms with E-state index in [9.17, 15) is 0 Å². The van der Waals surface area contributed by atoms with Crippen LogP contribution in [0.4, 0.5) is 5.82 Å². The normalized spacial score (nSPS) is 10.6. The molecule has 0 radical (unpaired) electrons. The minimum Gasteiger partial charge on any atom is -0.416 e. The lowest BCUT2D eigenvalue weighted by molar-refractivity contribution is 0.429. The molecule has 0 aliphatic rings. The van der Waals surface area contributed by atoms with Crippen molar-refractivity contribution >= 4 is 17.6 Å². The molecule has 2 aromatic heterocycles. The van der Waals surface area contributed by atoms with Crippen LogP contribution in [0.3, 0.4) is 0 Å². The van der Waals surface area contributed by atoms with Gasteiger partial charge in [0.05, 0.1) is 5.75 Å². The Morgan fingerprint density at radius 3 is 2.75 bits per heavy atom. The van der Waals surface area contributed by atoms with Gasteiger partial charge in [-0.25, -0.2) is 9.97 Å². The zero-order valence-corrected chi connectivity index (χ0v) is 9.78. The standard InChI is InChI=1S/C9H11N5OS/c1-5-3-7(10)12-8(11-5)4-16-9-14-13-6(2)15-9/h3H,4H2,1-2H3,(H2,10,11,12). The Morgan fingerprint density at radius 1 is 1.31 bits per heavy atom. The third-order valence-corrected chi connectivity index (χ3v) is 2.57. The van der Waals surface area contributed by atoms with E-state index in [2.05, 4.69) is 20.2 Å². The number of anilines is 1. The number of rotatable bonds is 3. The van der Waals surface area contributed by atoms with Crippen LogP contribution < -0.4 is 5.73 Å². The summed E-state index contributed by atoms with van der Waals surface area (Å²) >= 11 is 1.39. The van der Waals surface area contributed by atoms with Gasteiger partial charge in [0.15, 0.2) is 0 Å². The van der Waals surface area contributed by atoms with Crippen LogP contribution in [-0.4, -0.2) is 20.2 Å². The molecule has 2 rings (SSSR count). The minimum atomic E-state index is 0.477. The van der Waals surface area contributed by atoms with E-state index in [1.807, 2.05) is 6.92 Å². The Hall–Kier alpha value is -1.63. The third-order valence-electron chi connectivity index (χ3n) is 1.75. The maximum Gasteiger partial charge on any atom is 0.277 e. The first kappa shape index (κ1) is 10.9. The average Bonchev–Trinajstić information content (AvgIpc) is 2.60. The summed E-state index contributed by atoms with van der Waals surface area (Å²) in [6.45, 7) is 3.63. The predicted molar refractivity (Wildman–Crippen MR) is 59.8 cm³/mol. The molecule has 0 unspecified atom stereocenters. The highest BCUT2D eigenvalue weighted by atomic mass is 32.2. The van der Waals surface area contributed by atoms with Gasteiger partial charge in [-0.1, -0.05) is 11.8 Å². The molecule has 2 aromatic rings. The second-order valence-corrected chi connectivity index (χ2v) is 4.15. The van der Waals surface area contributed by atoms with Crippen LogP contribution in [0.25, 0.3) is 0 Å². The van der Waals surface area contributed by atoms with Crippen LogP contribution in [0.1, 0.15) is 17.4 Å².